The van der Waals surface area contributed by atoms with Crippen molar-refractivity contribution in [2.75, 3.05) is 11.1 Å². The highest BCUT2D eigenvalue weighted by atomic mass is 35.5. The monoisotopic (exact) mass is 409 g/mol. The van der Waals surface area contributed by atoms with E-state index < -0.39 is 29.3 Å². The van der Waals surface area contributed by atoms with Crippen molar-refractivity contribution >= 4 is 40.0 Å². The molecule has 0 bridgehead atoms. The lowest BCUT2D eigenvalue weighted by molar-refractivity contribution is -0.137. The number of hydrogen-bond donors (Lipinski definition) is 1. The normalized spacial score (nSPS) is 16.6. The molecule has 0 unspecified atom stereocenters. The van der Waals surface area contributed by atoms with Crippen LogP contribution in [0.2, 0.25) is 5.02 Å². The van der Waals surface area contributed by atoms with E-state index in [1.165, 1.54) is 23.9 Å². The first-order valence-electron chi connectivity index (χ1n) is 7.66. The third-order valence-electron chi connectivity index (χ3n) is 3.76. The highest BCUT2D eigenvalue weighted by Crippen LogP contribution is 2.34. The van der Waals surface area contributed by atoms with Gasteiger partial charge in [0.15, 0.2) is 0 Å². The number of nitriles is 1. The van der Waals surface area contributed by atoms with Gasteiger partial charge in [0.2, 0.25) is 5.91 Å². The van der Waals surface area contributed by atoms with Crippen LogP contribution in [0.15, 0.2) is 47.5 Å². The summed E-state index contributed by atoms with van der Waals surface area (Å²) in [7, 11) is 0. The highest BCUT2D eigenvalue weighted by molar-refractivity contribution is 8.14. The Balaban J connectivity index is 1.76. The molecule has 2 aromatic rings. The Morgan fingerprint density at radius 1 is 1.26 bits per heavy atom. The number of carbonyl (C=O) groups excluding carboxylic acids is 1. The van der Waals surface area contributed by atoms with Gasteiger partial charge in [-0.25, -0.2) is 0 Å². The van der Waals surface area contributed by atoms with Gasteiger partial charge in [-0.3, -0.25) is 9.79 Å². The molecule has 0 saturated carbocycles. The van der Waals surface area contributed by atoms with Crippen LogP contribution in [-0.2, 0) is 11.0 Å². The Morgan fingerprint density at radius 3 is 2.59 bits per heavy atom. The molecule has 1 aliphatic heterocycles. The molecule has 4 nitrogen and oxygen atoms in total. The van der Waals surface area contributed by atoms with Gasteiger partial charge < -0.3 is 5.32 Å². The molecule has 1 N–H and O–H groups in total. The fourth-order valence-corrected chi connectivity index (χ4v) is 3.61. The first-order valence-corrected chi connectivity index (χ1v) is 9.03. The molecule has 0 spiro atoms. The van der Waals surface area contributed by atoms with E-state index >= 15 is 0 Å². The molecule has 1 atom stereocenters. The van der Waals surface area contributed by atoms with E-state index in [0.29, 0.717) is 15.8 Å². The lowest BCUT2D eigenvalue weighted by Gasteiger charge is -2.12. The number of thioether (sulfide) groups is 1. The number of alkyl halides is 3. The lowest BCUT2D eigenvalue weighted by Crippen LogP contribution is -2.26. The number of nitrogens with one attached hydrogen (secondary N) is 1. The number of aliphatic imine (C=N–C) groups is 1. The van der Waals surface area contributed by atoms with Crippen LogP contribution in [-0.4, -0.2) is 22.7 Å². The van der Waals surface area contributed by atoms with Crippen molar-refractivity contribution < 1.29 is 18.0 Å². The summed E-state index contributed by atoms with van der Waals surface area (Å²) in [6.45, 7) is 0. The Kier molecular flexibility index (Phi) is 5.44. The van der Waals surface area contributed by atoms with Gasteiger partial charge >= 0.3 is 6.18 Å². The number of rotatable bonds is 3. The fraction of sp³-hybridized carbons (Fsp3) is 0.167. The summed E-state index contributed by atoms with van der Waals surface area (Å²) in [5.74, 6) is -0.129. The fourth-order valence-electron chi connectivity index (χ4n) is 2.44. The second-order valence-corrected chi connectivity index (χ2v) is 7.07. The quantitative estimate of drug-likeness (QED) is 0.796. The molecule has 0 radical (unpaired) electrons. The third kappa shape index (κ3) is 4.43. The van der Waals surface area contributed by atoms with Crippen molar-refractivity contribution in [3.8, 4) is 6.07 Å². The molecular weight excluding hydrogens is 399 g/mol. The molecule has 1 amide bonds. The van der Waals surface area contributed by atoms with Crippen LogP contribution >= 0.6 is 23.4 Å². The molecule has 138 valence electrons. The number of amides is 1. The number of nitrogens with zero attached hydrogens (tertiary/aromatic N) is 2. The number of benzene rings is 2. The minimum Gasteiger partial charge on any atom is -0.324 e. The maximum atomic E-state index is 13.0. The molecule has 27 heavy (non-hydrogen) atoms. The summed E-state index contributed by atoms with van der Waals surface area (Å²) in [5, 5.41) is 12.5. The maximum Gasteiger partial charge on any atom is 0.417 e. The van der Waals surface area contributed by atoms with E-state index in [-0.39, 0.29) is 5.69 Å². The second-order valence-electron chi connectivity index (χ2n) is 5.63. The largest absolute Gasteiger partial charge is 0.417 e. The van der Waals surface area contributed by atoms with Gasteiger partial charge in [-0.1, -0.05) is 23.7 Å². The minimum atomic E-state index is -4.69. The number of anilines is 1. The molecule has 1 aliphatic rings. The van der Waals surface area contributed by atoms with Crippen LogP contribution in [0.4, 0.5) is 18.9 Å². The zero-order valence-electron chi connectivity index (χ0n) is 13.5. The van der Waals surface area contributed by atoms with Crippen molar-refractivity contribution in [3.63, 3.8) is 0 Å². The number of hydrogen-bond acceptors (Lipinski definition) is 4. The van der Waals surface area contributed by atoms with E-state index in [0.717, 1.165) is 17.7 Å². The molecule has 0 saturated heterocycles. The molecule has 3 rings (SSSR count). The standard InChI is InChI=1S/C18H11ClF3N3OS/c19-12-4-1-10(2-5-12)17-25-15(9-27-17)16(26)24-13-6-3-11(8-23)14(7-13)18(20,21)22/h1-7,15H,9H2,(H,24,26)/t15-/m0/s1. The lowest BCUT2D eigenvalue weighted by atomic mass is 10.1. The van der Waals surface area contributed by atoms with Crippen molar-refractivity contribution in [2.24, 2.45) is 4.99 Å². The van der Waals surface area contributed by atoms with Gasteiger partial charge in [-0.05, 0) is 30.3 Å². The minimum absolute atomic E-state index is 0.0357. The zero-order valence-corrected chi connectivity index (χ0v) is 15.1. The van der Waals surface area contributed by atoms with E-state index in [9.17, 15) is 18.0 Å². The van der Waals surface area contributed by atoms with Gasteiger partial charge in [0.05, 0.1) is 22.2 Å². The average molecular weight is 410 g/mol. The molecule has 0 fully saturated rings. The Bertz CT molecular complexity index is 952. The zero-order chi connectivity index (χ0) is 19.6. The van der Waals surface area contributed by atoms with Gasteiger partial charge in [0.1, 0.15) is 6.04 Å². The van der Waals surface area contributed by atoms with Crippen LogP contribution in [0.1, 0.15) is 16.7 Å². The van der Waals surface area contributed by atoms with Crippen LogP contribution in [0.25, 0.3) is 0 Å². The number of carbonyl (C=O) groups is 1. The van der Waals surface area contributed by atoms with E-state index in [1.54, 1.807) is 24.3 Å². The van der Waals surface area contributed by atoms with Crippen LogP contribution in [0.3, 0.4) is 0 Å². The molecule has 1 heterocycles. The van der Waals surface area contributed by atoms with Crippen LogP contribution < -0.4 is 5.32 Å². The Labute approximate surface area is 162 Å². The second kappa shape index (κ2) is 7.62. The Hall–Kier alpha value is -2.50. The van der Waals surface area contributed by atoms with Crippen molar-refractivity contribution in [2.45, 2.75) is 12.2 Å². The molecule has 2 aromatic carbocycles. The van der Waals surface area contributed by atoms with E-state index in [4.69, 9.17) is 16.9 Å². The average Bonchev–Trinajstić information content (AvgIpc) is 3.12. The first kappa shape index (κ1) is 19.3. The number of halogens is 4. The summed E-state index contributed by atoms with van der Waals surface area (Å²) in [5.41, 5.74) is -0.808. The van der Waals surface area contributed by atoms with Gasteiger partial charge in [0, 0.05) is 22.0 Å². The first-order chi connectivity index (χ1) is 12.8. The molecule has 0 aliphatic carbocycles. The van der Waals surface area contributed by atoms with Crippen molar-refractivity contribution in [3.05, 3.63) is 64.2 Å². The molecule has 0 aromatic heterocycles. The third-order valence-corrected chi connectivity index (χ3v) is 5.11. The van der Waals surface area contributed by atoms with Gasteiger partial charge in [-0.2, -0.15) is 18.4 Å². The Morgan fingerprint density at radius 2 is 1.96 bits per heavy atom. The van der Waals surface area contributed by atoms with Crippen LogP contribution in [0.5, 0.6) is 0 Å². The van der Waals surface area contributed by atoms with Gasteiger partial charge in [-0.15, -0.1) is 11.8 Å². The van der Waals surface area contributed by atoms with E-state index in [2.05, 4.69) is 10.3 Å². The predicted molar refractivity (Wildman–Crippen MR) is 99.0 cm³/mol. The van der Waals surface area contributed by atoms with Gasteiger partial charge in [0.25, 0.3) is 0 Å². The summed E-state index contributed by atoms with van der Waals surface area (Å²) < 4.78 is 39.1. The summed E-state index contributed by atoms with van der Waals surface area (Å²) in [6.07, 6.45) is -4.69. The SMILES string of the molecule is N#Cc1ccc(NC(=O)[C@@H]2CSC(c3ccc(Cl)cc3)=N2)cc1C(F)(F)F. The van der Waals surface area contributed by atoms with Crippen molar-refractivity contribution in [1.82, 2.24) is 0 Å². The summed E-state index contributed by atoms with van der Waals surface area (Å²) in [4.78, 5) is 16.7. The van der Waals surface area contributed by atoms with Crippen LogP contribution in [0, 0.1) is 11.3 Å². The predicted octanol–water partition coefficient (Wildman–Crippen LogP) is 4.73. The van der Waals surface area contributed by atoms with E-state index in [1.807, 2.05) is 0 Å². The smallest absolute Gasteiger partial charge is 0.324 e. The highest BCUT2D eigenvalue weighted by Gasteiger charge is 2.34. The topological polar surface area (TPSA) is 65.2 Å². The maximum absolute atomic E-state index is 13.0. The van der Waals surface area contributed by atoms with Crippen molar-refractivity contribution in [1.29, 1.82) is 5.26 Å². The summed E-state index contributed by atoms with van der Waals surface area (Å²) >= 11 is 7.23. The molecular formula is C18H11ClF3N3OS. The summed E-state index contributed by atoms with van der Waals surface area (Å²) in [6, 6.07) is 10.8. The molecule has 9 heteroatoms.